The average Bonchev–Trinajstić information content (AvgIpc) is 3.57. The van der Waals surface area contributed by atoms with Gasteiger partial charge >= 0.3 is 0 Å². The zero-order chi connectivity index (χ0) is 24.9. The summed E-state index contributed by atoms with van der Waals surface area (Å²) in [5.74, 6) is -1.16. The third kappa shape index (κ3) is 3.93. The lowest BCUT2D eigenvalue weighted by Gasteiger charge is -2.32. The highest BCUT2D eigenvalue weighted by molar-refractivity contribution is 6.31. The van der Waals surface area contributed by atoms with E-state index in [1.807, 2.05) is 43.3 Å². The van der Waals surface area contributed by atoms with E-state index in [1.165, 1.54) is 7.11 Å². The van der Waals surface area contributed by atoms with E-state index in [0.717, 1.165) is 36.9 Å². The fraction of sp³-hybridized carbons (Fsp3) is 0.333. The first-order valence-corrected chi connectivity index (χ1v) is 12.0. The van der Waals surface area contributed by atoms with Gasteiger partial charge < -0.3 is 24.1 Å². The molecular weight excluding hydrogens is 468 g/mol. The highest BCUT2D eigenvalue weighted by atomic mass is 35.5. The van der Waals surface area contributed by atoms with Crippen LogP contribution in [-0.2, 0) is 4.79 Å². The molecule has 1 atom stereocenters. The molecular formula is C27H27ClN2O5. The highest BCUT2D eigenvalue weighted by Crippen LogP contribution is 2.44. The number of aliphatic hydroxyl groups is 1. The van der Waals surface area contributed by atoms with Crippen molar-refractivity contribution in [2.45, 2.75) is 37.8 Å². The minimum absolute atomic E-state index is 0.0121. The lowest BCUT2D eigenvalue weighted by molar-refractivity contribution is -0.131. The number of ketones is 1. The number of amides is 1. The van der Waals surface area contributed by atoms with Crippen LogP contribution in [0.5, 0.6) is 5.75 Å². The smallest absolute Gasteiger partial charge is 0.290 e. The fourth-order valence-corrected chi connectivity index (χ4v) is 5.39. The molecule has 182 valence electrons. The number of nitrogens with zero attached hydrogens (tertiary/aromatic N) is 2. The molecule has 1 aliphatic carbocycles. The molecule has 2 aromatic carbocycles. The number of furan rings is 1. The Balaban J connectivity index is 1.61. The number of Topliss-reactive ketones (excluding diaryl/α,β-unsaturated/α-hetero) is 1. The first-order valence-electron chi connectivity index (χ1n) is 11.6. The van der Waals surface area contributed by atoms with Gasteiger partial charge in [0.2, 0.25) is 5.78 Å². The highest BCUT2D eigenvalue weighted by Gasteiger charge is 2.47. The van der Waals surface area contributed by atoms with Crippen molar-refractivity contribution in [2.24, 2.45) is 0 Å². The summed E-state index contributed by atoms with van der Waals surface area (Å²) in [6, 6.07) is 11.8. The van der Waals surface area contributed by atoms with Gasteiger partial charge in [-0.2, -0.15) is 0 Å². The van der Waals surface area contributed by atoms with E-state index >= 15 is 0 Å². The molecule has 0 spiro atoms. The summed E-state index contributed by atoms with van der Waals surface area (Å²) in [5.41, 5.74) is 2.17. The molecule has 1 fully saturated rings. The molecule has 1 aromatic heterocycles. The predicted octanol–water partition coefficient (Wildman–Crippen LogP) is 5.68. The van der Waals surface area contributed by atoms with E-state index in [4.69, 9.17) is 20.8 Å². The molecule has 1 N–H and O–H groups in total. The Hall–Kier alpha value is -3.45. The standard InChI is InChI=1S/C27H27ClN2O5/c1-29(2)18-10-8-15(9-11-18)23-22(25(32)27(33)30(23)19-6-4-5-7-19)24(31)20-13-16-12-17(28)14-21(34-3)26(16)35-20/h8-14,19,23,32H,4-7H2,1-3H3. The summed E-state index contributed by atoms with van der Waals surface area (Å²) >= 11 is 6.18. The molecule has 8 heteroatoms. The number of hydrogen-bond acceptors (Lipinski definition) is 6. The minimum Gasteiger partial charge on any atom is -0.503 e. The molecule has 1 amide bonds. The van der Waals surface area contributed by atoms with Gasteiger partial charge in [-0.3, -0.25) is 9.59 Å². The molecule has 35 heavy (non-hydrogen) atoms. The Bertz CT molecular complexity index is 1340. The van der Waals surface area contributed by atoms with E-state index in [9.17, 15) is 14.7 Å². The lowest BCUT2D eigenvalue weighted by Crippen LogP contribution is -2.38. The number of hydrogen-bond donors (Lipinski definition) is 1. The zero-order valence-electron chi connectivity index (χ0n) is 19.9. The van der Waals surface area contributed by atoms with Crippen molar-refractivity contribution in [2.75, 3.05) is 26.1 Å². The number of anilines is 1. The van der Waals surface area contributed by atoms with Gasteiger partial charge in [0.1, 0.15) is 0 Å². The van der Waals surface area contributed by atoms with Crippen molar-refractivity contribution in [3.8, 4) is 5.75 Å². The van der Waals surface area contributed by atoms with Gasteiger partial charge in [0.15, 0.2) is 22.9 Å². The monoisotopic (exact) mass is 494 g/mol. The number of halogens is 1. The molecule has 1 unspecified atom stereocenters. The Kier molecular flexibility index (Phi) is 5.97. The zero-order valence-corrected chi connectivity index (χ0v) is 20.6. The van der Waals surface area contributed by atoms with E-state index in [0.29, 0.717) is 21.7 Å². The maximum atomic E-state index is 13.8. The van der Waals surface area contributed by atoms with Gasteiger partial charge in [0, 0.05) is 42.3 Å². The van der Waals surface area contributed by atoms with Gasteiger partial charge in [0.05, 0.1) is 18.7 Å². The number of ether oxygens (including phenoxy) is 1. The van der Waals surface area contributed by atoms with E-state index in [-0.39, 0.29) is 17.4 Å². The van der Waals surface area contributed by atoms with Crippen molar-refractivity contribution in [3.05, 3.63) is 70.1 Å². The number of fused-ring (bicyclic) bond motifs is 1. The van der Waals surface area contributed by atoms with Crippen LogP contribution in [-0.4, -0.2) is 48.9 Å². The van der Waals surface area contributed by atoms with Gasteiger partial charge in [-0.1, -0.05) is 36.6 Å². The Morgan fingerprint density at radius 2 is 1.83 bits per heavy atom. The summed E-state index contributed by atoms with van der Waals surface area (Å²) in [6.45, 7) is 0. The summed E-state index contributed by atoms with van der Waals surface area (Å²) < 4.78 is 11.2. The minimum atomic E-state index is -0.701. The summed E-state index contributed by atoms with van der Waals surface area (Å²) in [5, 5.41) is 12.0. The maximum absolute atomic E-state index is 13.8. The first-order chi connectivity index (χ1) is 16.8. The van der Waals surface area contributed by atoms with Gasteiger partial charge in [-0.25, -0.2) is 0 Å². The van der Waals surface area contributed by atoms with Gasteiger partial charge in [-0.05, 0) is 42.7 Å². The normalized spacial score (nSPS) is 18.7. The van der Waals surface area contributed by atoms with Crippen LogP contribution in [0.3, 0.4) is 0 Å². The molecule has 0 bridgehead atoms. The first kappa shape index (κ1) is 23.3. The molecule has 1 saturated carbocycles. The van der Waals surface area contributed by atoms with Crippen molar-refractivity contribution < 1.29 is 23.8 Å². The van der Waals surface area contributed by atoms with Crippen molar-refractivity contribution in [1.82, 2.24) is 4.90 Å². The van der Waals surface area contributed by atoms with Crippen LogP contribution in [0.15, 0.2) is 58.2 Å². The van der Waals surface area contributed by atoms with Crippen LogP contribution in [0.2, 0.25) is 5.02 Å². The Labute approximate surface area is 208 Å². The van der Waals surface area contributed by atoms with Crippen LogP contribution in [0.4, 0.5) is 5.69 Å². The van der Waals surface area contributed by atoms with E-state index in [2.05, 4.69) is 0 Å². The summed E-state index contributed by atoms with van der Waals surface area (Å²) in [6.07, 6.45) is 3.70. The molecule has 0 radical (unpaired) electrons. The molecule has 5 rings (SSSR count). The number of carbonyl (C=O) groups excluding carboxylic acids is 2. The van der Waals surface area contributed by atoms with Crippen LogP contribution < -0.4 is 9.64 Å². The Morgan fingerprint density at radius 3 is 2.46 bits per heavy atom. The molecule has 7 nitrogen and oxygen atoms in total. The Morgan fingerprint density at radius 1 is 1.14 bits per heavy atom. The second-order valence-corrected chi connectivity index (χ2v) is 9.70. The third-order valence-corrected chi connectivity index (χ3v) is 7.14. The molecule has 1 aliphatic heterocycles. The van der Waals surface area contributed by atoms with E-state index < -0.39 is 23.5 Å². The second kappa shape index (κ2) is 8.96. The fourth-order valence-electron chi connectivity index (χ4n) is 5.18. The third-order valence-electron chi connectivity index (χ3n) is 6.92. The maximum Gasteiger partial charge on any atom is 0.290 e. The summed E-state index contributed by atoms with van der Waals surface area (Å²) in [4.78, 5) is 30.8. The molecule has 2 aliphatic rings. The second-order valence-electron chi connectivity index (χ2n) is 9.27. The number of carbonyl (C=O) groups is 2. The van der Waals surface area contributed by atoms with Gasteiger partial charge in [0.25, 0.3) is 5.91 Å². The van der Waals surface area contributed by atoms with Crippen LogP contribution in [0, 0.1) is 0 Å². The van der Waals surface area contributed by atoms with Crippen LogP contribution in [0.25, 0.3) is 11.0 Å². The van der Waals surface area contributed by atoms with E-state index in [1.54, 1.807) is 23.1 Å². The topological polar surface area (TPSA) is 83.2 Å². The predicted molar refractivity (Wildman–Crippen MR) is 134 cm³/mol. The van der Waals surface area contributed by atoms with Crippen molar-refractivity contribution >= 4 is 39.9 Å². The van der Waals surface area contributed by atoms with Crippen molar-refractivity contribution in [3.63, 3.8) is 0 Å². The average molecular weight is 495 g/mol. The quantitative estimate of drug-likeness (QED) is 0.444. The molecule has 2 heterocycles. The largest absolute Gasteiger partial charge is 0.503 e. The number of rotatable bonds is 6. The lowest BCUT2D eigenvalue weighted by atomic mass is 9.94. The summed E-state index contributed by atoms with van der Waals surface area (Å²) in [7, 11) is 5.38. The van der Waals surface area contributed by atoms with Crippen LogP contribution in [0.1, 0.15) is 47.8 Å². The number of benzene rings is 2. The SMILES string of the molecule is COc1cc(Cl)cc2cc(C(=O)C3=C(O)C(=O)N(C4CCCC4)C3c3ccc(N(C)C)cc3)oc12. The van der Waals surface area contributed by atoms with Gasteiger partial charge in [-0.15, -0.1) is 0 Å². The van der Waals surface area contributed by atoms with Crippen molar-refractivity contribution in [1.29, 1.82) is 0 Å². The van der Waals surface area contributed by atoms with Crippen LogP contribution >= 0.6 is 11.6 Å². The molecule has 3 aromatic rings. The number of methoxy groups -OCH3 is 1. The molecule has 0 saturated heterocycles. The number of aliphatic hydroxyl groups excluding tert-OH is 1.